The topological polar surface area (TPSA) is 0 Å². The Kier molecular flexibility index (Phi) is 2.20. The lowest BCUT2D eigenvalue weighted by molar-refractivity contribution is 0.255. The van der Waals surface area contributed by atoms with Crippen molar-refractivity contribution in [2.75, 3.05) is 0 Å². The minimum atomic E-state index is 0.307. The number of thioether (sulfide) groups is 1. The van der Waals surface area contributed by atoms with Gasteiger partial charge in [0.05, 0.1) is 4.75 Å². The molecule has 1 aliphatic heterocycles. The molecule has 2 fully saturated rings. The van der Waals surface area contributed by atoms with Crippen LogP contribution in [0.25, 0.3) is 0 Å². The molecule has 102 valence electrons. The van der Waals surface area contributed by atoms with Crippen molar-refractivity contribution in [2.24, 2.45) is 16.2 Å². The molecule has 0 aromatic rings. The standard InChI is InChI=1S/C17H21BrS/c1-14(2)5-6-15(3,4)12-8-17-10-16(17,7-11(12)14)13(18)9-19-17/h7-9H,5-6,10H2,1-4H3. The fourth-order valence-corrected chi connectivity index (χ4v) is 6.59. The number of hydrogen-bond acceptors (Lipinski definition) is 1. The smallest absolute Gasteiger partial charge is 0.0536 e. The summed E-state index contributed by atoms with van der Waals surface area (Å²) in [7, 11) is 0. The van der Waals surface area contributed by atoms with E-state index in [0.717, 1.165) is 0 Å². The predicted octanol–water partition coefficient (Wildman–Crippen LogP) is 5.81. The summed E-state index contributed by atoms with van der Waals surface area (Å²) in [5.74, 6) is 0. The molecule has 0 nitrogen and oxygen atoms in total. The first kappa shape index (κ1) is 12.8. The lowest BCUT2D eigenvalue weighted by Gasteiger charge is -2.47. The van der Waals surface area contributed by atoms with Gasteiger partial charge in [-0.15, -0.1) is 11.8 Å². The molecule has 2 unspecified atom stereocenters. The fourth-order valence-electron chi connectivity index (χ4n) is 4.17. The van der Waals surface area contributed by atoms with Gasteiger partial charge >= 0.3 is 0 Å². The lowest BCUT2D eigenvalue weighted by atomic mass is 9.59. The van der Waals surface area contributed by atoms with Crippen molar-refractivity contribution in [1.82, 2.24) is 0 Å². The van der Waals surface area contributed by atoms with E-state index in [1.807, 2.05) is 11.8 Å². The molecule has 2 atom stereocenters. The predicted molar refractivity (Wildman–Crippen MR) is 87.3 cm³/mol. The van der Waals surface area contributed by atoms with Crippen LogP contribution in [0, 0.1) is 16.2 Å². The van der Waals surface area contributed by atoms with Crippen LogP contribution in [0.3, 0.4) is 0 Å². The average Bonchev–Trinajstić information content (AvgIpc) is 2.93. The molecule has 0 spiro atoms. The Bertz CT molecular complexity index is 578. The second-order valence-corrected chi connectivity index (χ2v) is 10.1. The monoisotopic (exact) mass is 336 g/mol. The van der Waals surface area contributed by atoms with E-state index in [4.69, 9.17) is 0 Å². The molecule has 0 aromatic carbocycles. The number of hydrogen-bond donors (Lipinski definition) is 0. The molecular formula is C17H21BrS. The molecule has 2 saturated carbocycles. The van der Waals surface area contributed by atoms with Crippen LogP contribution in [0.4, 0.5) is 0 Å². The number of rotatable bonds is 0. The maximum Gasteiger partial charge on any atom is 0.0536 e. The third kappa shape index (κ3) is 1.38. The molecule has 19 heavy (non-hydrogen) atoms. The van der Waals surface area contributed by atoms with E-state index in [0.29, 0.717) is 21.0 Å². The maximum absolute atomic E-state index is 3.82. The Morgan fingerprint density at radius 3 is 2.21 bits per heavy atom. The van der Waals surface area contributed by atoms with Crippen LogP contribution in [0.15, 0.2) is 33.2 Å². The molecule has 0 amide bonds. The zero-order valence-electron chi connectivity index (χ0n) is 12.1. The van der Waals surface area contributed by atoms with Gasteiger partial charge in [0.2, 0.25) is 0 Å². The highest BCUT2D eigenvalue weighted by molar-refractivity contribution is 9.11. The van der Waals surface area contributed by atoms with Crippen molar-refractivity contribution in [3.8, 4) is 0 Å². The summed E-state index contributed by atoms with van der Waals surface area (Å²) < 4.78 is 1.77. The summed E-state index contributed by atoms with van der Waals surface area (Å²) in [6.45, 7) is 9.70. The summed E-state index contributed by atoms with van der Waals surface area (Å²) in [5, 5.41) is 2.33. The van der Waals surface area contributed by atoms with Gasteiger partial charge in [0.1, 0.15) is 0 Å². The van der Waals surface area contributed by atoms with Gasteiger partial charge < -0.3 is 0 Å². The van der Waals surface area contributed by atoms with Gasteiger partial charge in [0.15, 0.2) is 0 Å². The molecule has 4 aliphatic rings. The first-order valence-corrected chi connectivity index (χ1v) is 8.91. The molecule has 0 bridgehead atoms. The Morgan fingerprint density at radius 2 is 1.58 bits per heavy atom. The second kappa shape index (κ2) is 3.27. The molecule has 0 saturated heterocycles. The summed E-state index contributed by atoms with van der Waals surface area (Å²) in [5.41, 5.74) is 4.26. The Labute approximate surface area is 128 Å². The molecule has 1 heterocycles. The van der Waals surface area contributed by atoms with Crippen LogP contribution in [0.1, 0.15) is 47.0 Å². The molecule has 0 radical (unpaired) electrons. The first-order valence-electron chi connectivity index (χ1n) is 7.24. The molecule has 2 heteroatoms. The number of allylic oxidation sites excluding steroid dienone is 4. The van der Waals surface area contributed by atoms with Gasteiger partial charge in [-0.3, -0.25) is 0 Å². The van der Waals surface area contributed by atoms with E-state index in [1.165, 1.54) is 23.7 Å². The van der Waals surface area contributed by atoms with Crippen LogP contribution in [-0.2, 0) is 0 Å². The van der Waals surface area contributed by atoms with Gasteiger partial charge in [-0.05, 0) is 46.6 Å². The lowest BCUT2D eigenvalue weighted by Crippen LogP contribution is -2.35. The summed E-state index contributed by atoms with van der Waals surface area (Å²) in [4.78, 5) is 0. The molecule has 0 aromatic heterocycles. The van der Waals surface area contributed by atoms with Crippen molar-refractivity contribution in [2.45, 2.75) is 51.7 Å². The molecule has 0 N–H and O–H groups in total. The highest BCUT2D eigenvalue weighted by atomic mass is 79.9. The van der Waals surface area contributed by atoms with Gasteiger partial charge in [-0.25, -0.2) is 0 Å². The number of halogens is 1. The van der Waals surface area contributed by atoms with E-state index in [1.54, 1.807) is 11.1 Å². The van der Waals surface area contributed by atoms with Gasteiger partial charge in [0, 0.05) is 9.90 Å². The Morgan fingerprint density at radius 1 is 1.00 bits per heavy atom. The van der Waals surface area contributed by atoms with E-state index in [9.17, 15) is 0 Å². The van der Waals surface area contributed by atoms with E-state index < -0.39 is 0 Å². The van der Waals surface area contributed by atoms with Crippen molar-refractivity contribution in [3.05, 3.63) is 33.2 Å². The highest BCUT2D eigenvalue weighted by Crippen LogP contribution is 2.79. The van der Waals surface area contributed by atoms with Crippen LogP contribution < -0.4 is 0 Å². The van der Waals surface area contributed by atoms with Crippen molar-refractivity contribution in [1.29, 1.82) is 0 Å². The normalized spacial score (nSPS) is 44.4. The third-order valence-electron chi connectivity index (χ3n) is 5.86. The van der Waals surface area contributed by atoms with Crippen LogP contribution in [-0.4, -0.2) is 4.75 Å². The maximum atomic E-state index is 3.82. The molecule has 3 aliphatic carbocycles. The third-order valence-corrected chi connectivity index (χ3v) is 8.50. The zero-order valence-corrected chi connectivity index (χ0v) is 14.5. The zero-order chi connectivity index (χ0) is 13.7. The minimum absolute atomic E-state index is 0.307. The van der Waals surface area contributed by atoms with Crippen LogP contribution in [0.5, 0.6) is 0 Å². The quantitative estimate of drug-likeness (QED) is 0.537. The summed E-state index contributed by atoms with van der Waals surface area (Å²) >= 11 is 5.85. The highest BCUT2D eigenvalue weighted by Gasteiger charge is 2.72. The van der Waals surface area contributed by atoms with Crippen molar-refractivity contribution >= 4 is 27.7 Å². The largest absolute Gasteiger partial charge is 0.121 e. The van der Waals surface area contributed by atoms with Crippen molar-refractivity contribution < 1.29 is 0 Å². The minimum Gasteiger partial charge on any atom is -0.121 e. The summed E-state index contributed by atoms with van der Waals surface area (Å²) in [6, 6.07) is 0. The van der Waals surface area contributed by atoms with Gasteiger partial charge in [0.25, 0.3) is 0 Å². The van der Waals surface area contributed by atoms with Crippen LogP contribution in [0.2, 0.25) is 0 Å². The van der Waals surface area contributed by atoms with Crippen molar-refractivity contribution in [3.63, 3.8) is 0 Å². The van der Waals surface area contributed by atoms with Gasteiger partial charge in [-0.2, -0.15) is 0 Å². The Hall–Kier alpha value is 0.0500. The average molecular weight is 337 g/mol. The second-order valence-electron chi connectivity index (χ2n) is 8.01. The summed E-state index contributed by atoms with van der Waals surface area (Å²) in [6.07, 6.45) is 9.18. The molecular weight excluding hydrogens is 316 g/mol. The Balaban J connectivity index is 1.91. The molecule has 4 rings (SSSR count). The number of fused-ring (bicyclic) bond motifs is 1. The van der Waals surface area contributed by atoms with Crippen LogP contribution >= 0.6 is 27.7 Å². The fraction of sp³-hybridized carbons (Fsp3) is 0.647. The SMILES string of the molecule is CC1(C)CCC(C)(C)C2=CC34CC3(C=C21)SC=C4Br. The van der Waals surface area contributed by atoms with E-state index in [-0.39, 0.29) is 0 Å². The van der Waals surface area contributed by atoms with Gasteiger partial charge in [-0.1, -0.05) is 55.8 Å². The van der Waals surface area contributed by atoms with E-state index >= 15 is 0 Å². The first-order chi connectivity index (χ1) is 8.73. The van der Waals surface area contributed by atoms with E-state index in [2.05, 4.69) is 61.2 Å².